The lowest BCUT2D eigenvalue weighted by atomic mass is 9.78. The molecule has 0 aliphatic heterocycles. The van der Waals surface area contributed by atoms with Crippen molar-refractivity contribution in [1.29, 1.82) is 0 Å². The SMILES string of the molecule is CC(CCC(=O)O)(C(=O)O)c1cccc(F)c1. The molecule has 1 rings (SSSR count). The Balaban J connectivity index is 3.07. The minimum absolute atomic E-state index is 0.0822. The smallest absolute Gasteiger partial charge is 0.313 e. The number of benzene rings is 1. The molecule has 0 spiro atoms. The Morgan fingerprint density at radius 2 is 2.00 bits per heavy atom. The first-order valence-electron chi connectivity index (χ1n) is 5.07. The molecule has 1 aromatic carbocycles. The van der Waals surface area contributed by atoms with E-state index in [9.17, 15) is 19.1 Å². The number of carboxylic acid groups (broad SMARTS) is 2. The summed E-state index contributed by atoms with van der Waals surface area (Å²) in [4.78, 5) is 21.7. The predicted molar refractivity (Wildman–Crippen MR) is 58.3 cm³/mol. The van der Waals surface area contributed by atoms with Crippen LogP contribution in [-0.2, 0) is 15.0 Å². The lowest BCUT2D eigenvalue weighted by Crippen LogP contribution is -2.33. The van der Waals surface area contributed by atoms with Gasteiger partial charge in [0.1, 0.15) is 5.82 Å². The van der Waals surface area contributed by atoms with Gasteiger partial charge in [0, 0.05) is 6.42 Å². The van der Waals surface area contributed by atoms with Crippen molar-refractivity contribution in [1.82, 2.24) is 0 Å². The number of aliphatic carboxylic acids is 2. The summed E-state index contributed by atoms with van der Waals surface area (Å²) < 4.78 is 13.1. The van der Waals surface area contributed by atoms with Gasteiger partial charge in [0.15, 0.2) is 0 Å². The summed E-state index contributed by atoms with van der Waals surface area (Å²) >= 11 is 0. The van der Waals surface area contributed by atoms with Gasteiger partial charge < -0.3 is 10.2 Å². The number of carbonyl (C=O) groups is 2. The zero-order valence-corrected chi connectivity index (χ0v) is 9.31. The largest absolute Gasteiger partial charge is 0.481 e. The molecule has 0 radical (unpaired) electrons. The van der Waals surface area contributed by atoms with Crippen LogP contribution in [0.2, 0.25) is 0 Å². The van der Waals surface area contributed by atoms with Crippen LogP contribution in [0.5, 0.6) is 0 Å². The quantitative estimate of drug-likeness (QED) is 0.825. The fraction of sp³-hybridized carbons (Fsp3) is 0.333. The molecule has 0 aromatic heterocycles. The van der Waals surface area contributed by atoms with Crippen LogP contribution in [0, 0.1) is 5.82 Å². The number of hydrogen-bond donors (Lipinski definition) is 2. The highest BCUT2D eigenvalue weighted by Crippen LogP contribution is 2.29. The third kappa shape index (κ3) is 3.03. The van der Waals surface area contributed by atoms with Gasteiger partial charge >= 0.3 is 11.9 Å². The van der Waals surface area contributed by atoms with Crippen molar-refractivity contribution in [2.45, 2.75) is 25.2 Å². The number of rotatable bonds is 5. The Hall–Kier alpha value is -1.91. The second-order valence-corrected chi connectivity index (χ2v) is 4.04. The minimum Gasteiger partial charge on any atom is -0.481 e. The Bertz CT molecular complexity index is 444. The third-order valence-corrected chi connectivity index (χ3v) is 2.77. The van der Waals surface area contributed by atoms with Crippen molar-refractivity contribution in [3.8, 4) is 0 Å². The first-order valence-corrected chi connectivity index (χ1v) is 5.07. The fourth-order valence-corrected chi connectivity index (χ4v) is 1.56. The van der Waals surface area contributed by atoms with Crippen molar-refractivity contribution in [2.75, 3.05) is 0 Å². The first kappa shape index (κ1) is 13.2. The molecule has 92 valence electrons. The third-order valence-electron chi connectivity index (χ3n) is 2.77. The van der Waals surface area contributed by atoms with Gasteiger partial charge in [-0.05, 0) is 31.0 Å². The Morgan fingerprint density at radius 3 is 2.47 bits per heavy atom. The highest BCUT2D eigenvalue weighted by molar-refractivity contribution is 5.81. The van der Waals surface area contributed by atoms with Crippen LogP contribution < -0.4 is 0 Å². The highest BCUT2D eigenvalue weighted by atomic mass is 19.1. The van der Waals surface area contributed by atoms with E-state index >= 15 is 0 Å². The molecule has 17 heavy (non-hydrogen) atoms. The number of carboxylic acids is 2. The van der Waals surface area contributed by atoms with E-state index in [0.717, 1.165) is 6.07 Å². The van der Waals surface area contributed by atoms with Gasteiger partial charge in [0.2, 0.25) is 0 Å². The zero-order valence-electron chi connectivity index (χ0n) is 9.31. The van der Waals surface area contributed by atoms with Crippen molar-refractivity contribution in [2.24, 2.45) is 0 Å². The summed E-state index contributed by atoms with van der Waals surface area (Å²) in [6.45, 7) is 1.40. The number of halogens is 1. The monoisotopic (exact) mass is 240 g/mol. The lowest BCUT2D eigenvalue weighted by molar-refractivity contribution is -0.144. The summed E-state index contributed by atoms with van der Waals surface area (Å²) in [6, 6.07) is 5.23. The van der Waals surface area contributed by atoms with Gasteiger partial charge in [-0.3, -0.25) is 9.59 Å². The molecule has 0 saturated heterocycles. The summed E-state index contributed by atoms with van der Waals surface area (Å²) in [5, 5.41) is 17.8. The van der Waals surface area contributed by atoms with E-state index in [0.29, 0.717) is 0 Å². The van der Waals surface area contributed by atoms with E-state index in [2.05, 4.69) is 0 Å². The minimum atomic E-state index is -1.39. The molecular weight excluding hydrogens is 227 g/mol. The van der Waals surface area contributed by atoms with Gasteiger partial charge in [-0.15, -0.1) is 0 Å². The Kier molecular flexibility index (Phi) is 3.83. The van der Waals surface area contributed by atoms with Crippen LogP contribution in [0.3, 0.4) is 0 Å². The van der Waals surface area contributed by atoms with Gasteiger partial charge in [0.05, 0.1) is 5.41 Å². The van der Waals surface area contributed by atoms with Crippen LogP contribution >= 0.6 is 0 Å². The van der Waals surface area contributed by atoms with Crippen LogP contribution in [0.1, 0.15) is 25.3 Å². The average Bonchev–Trinajstić information content (AvgIpc) is 2.25. The highest BCUT2D eigenvalue weighted by Gasteiger charge is 2.35. The molecule has 0 aliphatic carbocycles. The van der Waals surface area contributed by atoms with E-state index in [1.165, 1.54) is 25.1 Å². The van der Waals surface area contributed by atoms with Crippen LogP contribution in [0.4, 0.5) is 4.39 Å². The van der Waals surface area contributed by atoms with Crippen LogP contribution in [0.15, 0.2) is 24.3 Å². The van der Waals surface area contributed by atoms with Crippen molar-refractivity contribution in [3.05, 3.63) is 35.6 Å². The van der Waals surface area contributed by atoms with Crippen LogP contribution in [-0.4, -0.2) is 22.2 Å². The standard InChI is InChI=1S/C12H13FO4/c1-12(11(16)17,6-5-10(14)15)8-3-2-4-9(13)7-8/h2-4,7H,5-6H2,1H3,(H,14,15)(H,16,17). The molecular formula is C12H13FO4. The van der Waals surface area contributed by atoms with Gasteiger partial charge in [-0.25, -0.2) is 4.39 Å². The molecule has 0 heterocycles. The molecule has 0 fully saturated rings. The maximum absolute atomic E-state index is 13.1. The first-order chi connectivity index (χ1) is 7.86. The second kappa shape index (κ2) is 4.95. The van der Waals surface area contributed by atoms with E-state index in [4.69, 9.17) is 5.11 Å². The van der Waals surface area contributed by atoms with E-state index < -0.39 is 23.2 Å². The molecule has 1 aromatic rings. The molecule has 2 N–H and O–H groups in total. The Labute approximate surface area is 97.7 Å². The summed E-state index contributed by atoms with van der Waals surface area (Å²) in [7, 11) is 0. The van der Waals surface area contributed by atoms with Crippen LogP contribution in [0.25, 0.3) is 0 Å². The zero-order chi connectivity index (χ0) is 13.1. The molecule has 5 heteroatoms. The topological polar surface area (TPSA) is 74.6 Å². The predicted octanol–water partition coefficient (Wildman–Crippen LogP) is 2.03. The maximum atomic E-state index is 13.1. The van der Waals surface area contributed by atoms with Gasteiger partial charge in [0.25, 0.3) is 0 Å². The molecule has 0 bridgehead atoms. The van der Waals surface area contributed by atoms with E-state index in [1.54, 1.807) is 0 Å². The molecule has 0 amide bonds. The average molecular weight is 240 g/mol. The molecule has 0 aliphatic rings. The molecule has 1 atom stereocenters. The van der Waals surface area contributed by atoms with Crippen molar-refractivity contribution < 1.29 is 24.2 Å². The van der Waals surface area contributed by atoms with Gasteiger partial charge in [-0.2, -0.15) is 0 Å². The maximum Gasteiger partial charge on any atom is 0.313 e. The van der Waals surface area contributed by atoms with E-state index in [1.807, 2.05) is 0 Å². The van der Waals surface area contributed by atoms with Crippen molar-refractivity contribution >= 4 is 11.9 Å². The fourth-order valence-electron chi connectivity index (χ4n) is 1.56. The Morgan fingerprint density at radius 1 is 1.35 bits per heavy atom. The molecule has 1 unspecified atom stereocenters. The summed E-state index contributed by atoms with van der Waals surface area (Å²) in [5.74, 6) is -2.77. The van der Waals surface area contributed by atoms with Gasteiger partial charge in [-0.1, -0.05) is 12.1 Å². The lowest BCUT2D eigenvalue weighted by Gasteiger charge is -2.24. The summed E-state index contributed by atoms with van der Waals surface area (Å²) in [5.41, 5.74) is -1.12. The molecule has 0 saturated carbocycles. The van der Waals surface area contributed by atoms with E-state index in [-0.39, 0.29) is 18.4 Å². The number of hydrogen-bond acceptors (Lipinski definition) is 2. The van der Waals surface area contributed by atoms with Crippen molar-refractivity contribution in [3.63, 3.8) is 0 Å². The summed E-state index contributed by atoms with van der Waals surface area (Å²) in [6.07, 6.45) is -0.361. The normalized spacial score (nSPS) is 14.0. The second-order valence-electron chi connectivity index (χ2n) is 4.04. The molecule has 4 nitrogen and oxygen atoms in total.